The second-order valence-corrected chi connectivity index (χ2v) is 6.06. The van der Waals surface area contributed by atoms with Gasteiger partial charge in [-0.15, -0.1) is 0 Å². The topological polar surface area (TPSA) is 66.4 Å². The van der Waals surface area contributed by atoms with Gasteiger partial charge < -0.3 is 10.4 Å². The van der Waals surface area contributed by atoms with Gasteiger partial charge in [0.25, 0.3) is 0 Å². The fraction of sp³-hybridized carbons (Fsp3) is 0.500. The third-order valence-corrected chi connectivity index (χ3v) is 3.93. The predicted octanol–water partition coefficient (Wildman–Crippen LogP) is 4.31. The zero-order chi connectivity index (χ0) is 17.6. The number of carboxylic acids is 1. The minimum Gasteiger partial charge on any atom is -0.481 e. The molecule has 1 aromatic carbocycles. The van der Waals surface area contributed by atoms with Crippen LogP contribution in [0.3, 0.4) is 0 Å². The number of allylic oxidation sites excluding steroid dienone is 2. The van der Waals surface area contributed by atoms with Crippen LogP contribution < -0.4 is 5.32 Å². The van der Waals surface area contributed by atoms with Gasteiger partial charge in [-0.2, -0.15) is 0 Å². The van der Waals surface area contributed by atoms with E-state index in [0.717, 1.165) is 18.4 Å². The number of carbonyl (C=O) groups is 2. The molecule has 1 atom stereocenters. The molecule has 1 rings (SSSR count). The maximum Gasteiger partial charge on any atom is 0.307 e. The molecule has 0 aliphatic carbocycles. The van der Waals surface area contributed by atoms with Crippen LogP contribution in [-0.2, 0) is 16.1 Å². The van der Waals surface area contributed by atoms with E-state index in [-0.39, 0.29) is 12.3 Å². The van der Waals surface area contributed by atoms with Crippen molar-refractivity contribution in [2.45, 2.75) is 58.4 Å². The standard InChI is InChI=1S/C20H29NO3/c1-2-3-4-5-6-7-11-14-18(20(23)24)15-19(22)21-16-17-12-9-8-10-13-17/h7-13,18H,2-6,14-16H2,1H3,(H,21,22)(H,23,24). The Morgan fingerprint density at radius 2 is 1.88 bits per heavy atom. The molecule has 0 aliphatic rings. The highest BCUT2D eigenvalue weighted by molar-refractivity contribution is 5.82. The Bertz CT molecular complexity index is 511. The highest BCUT2D eigenvalue weighted by Crippen LogP contribution is 2.11. The third-order valence-electron chi connectivity index (χ3n) is 3.93. The fourth-order valence-corrected chi connectivity index (χ4v) is 2.43. The third kappa shape index (κ3) is 9.13. The van der Waals surface area contributed by atoms with E-state index in [1.165, 1.54) is 19.3 Å². The van der Waals surface area contributed by atoms with Crippen molar-refractivity contribution in [3.05, 3.63) is 48.0 Å². The SMILES string of the molecule is CCCCCCC=CCC(CC(=O)NCc1ccccc1)C(=O)O. The summed E-state index contributed by atoms with van der Waals surface area (Å²) >= 11 is 0. The van der Waals surface area contributed by atoms with Crippen LogP contribution >= 0.6 is 0 Å². The van der Waals surface area contributed by atoms with Gasteiger partial charge in [0.15, 0.2) is 0 Å². The van der Waals surface area contributed by atoms with Crippen molar-refractivity contribution in [3.63, 3.8) is 0 Å². The number of hydrogen-bond acceptors (Lipinski definition) is 2. The molecular formula is C20H29NO3. The number of nitrogens with one attached hydrogen (secondary N) is 1. The van der Waals surface area contributed by atoms with E-state index >= 15 is 0 Å². The minimum atomic E-state index is -0.916. The lowest BCUT2D eigenvalue weighted by molar-refractivity contribution is -0.143. The van der Waals surface area contributed by atoms with E-state index in [9.17, 15) is 14.7 Å². The molecule has 4 heteroatoms. The largest absolute Gasteiger partial charge is 0.481 e. The molecule has 0 saturated carbocycles. The van der Waals surface area contributed by atoms with Crippen molar-refractivity contribution in [2.24, 2.45) is 5.92 Å². The normalized spacial score (nSPS) is 12.2. The van der Waals surface area contributed by atoms with Gasteiger partial charge in [0.05, 0.1) is 5.92 Å². The Morgan fingerprint density at radius 1 is 1.12 bits per heavy atom. The van der Waals surface area contributed by atoms with Gasteiger partial charge in [-0.1, -0.05) is 68.7 Å². The number of benzene rings is 1. The molecule has 0 aliphatic heterocycles. The summed E-state index contributed by atoms with van der Waals surface area (Å²) < 4.78 is 0. The van der Waals surface area contributed by atoms with Crippen LogP contribution in [0.15, 0.2) is 42.5 Å². The lowest BCUT2D eigenvalue weighted by atomic mass is 10.0. The van der Waals surface area contributed by atoms with Gasteiger partial charge in [0.2, 0.25) is 5.91 Å². The molecule has 1 amide bonds. The number of carboxylic acid groups (broad SMARTS) is 1. The highest BCUT2D eigenvalue weighted by Gasteiger charge is 2.19. The maximum atomic E-state index is 11.9. The van der Waals surface area contributed by atoms with Gasteiger partial charge in [0.1, 0.15) is 0 Å². The monoisotopic (exact) mass is 331 g/mol. The van der Waals surface area contributed by atoms with Crippen LogP contribution in [0.4, 0.5) is 0 Å². The molecule has 1 aromatic rings. The Balaban J connectivity index is 2.30. The predicted molar refractivity (Wildman–Crippen MR) is 96.5 cm³/mol. The zero-order valence-corrected chi connectivity index (χ0v) is 14.5. The van der Waals surface area contributed by atoms with Crippen LogP contribution in [0.2, 0.25) is 0 Å². The van der Waals surface area contributed by atoms with Crippen molar-refractivity contribution in [1.82, 2.24) is 5.32 Å². The smallest absolute Gasteiger partial charge is 0.307 e. The first-order valence-corrected chi connectivity index (χ1v) is 8.82. The van der Waals surface area contributed by atoms with Gasteiger partial charge in [0, 0.05) is 13.0 Å². The Hall–Kier alpha value is -2.10. The number of amides is 1. The van der Waals surface area contributed by atoms with Crippen molar-refractivity contribution in [1.29, 1.82) is 0 Å². The molecule has 132 valence electrons. The Labute approximate surface area is 145 Å². The molecule has 0 saturated heterocycles. The summed E-state index contributed by atoms with van der Waals surface area (Å²) in [5.74, 6) is -1.80. The van der Waals surface area contributed by atoms with Crippen molar-refractivity contribution >= 4 is 11.9 Å². The van der Waals surface area contributed by atoms with Crippen LogP contribution in [0, 0.1) is 5.92 Å². The lowest BCUT2D eigenvalue weighted by Crippen LogP contribution is -2.27. The number of rotatable bonds is 12. The van der Waals surface area contributed by atoms with Crippen LogP contribution in [0.1, 0.15) is 57.4 Å². The fourth-order valence-electron chi connectivity index (χ4n) is 2.43. The maximum absolute atomic E-state index is 11.9. The van der Waals surface area contributed by atoms with Crippen LogP contribution in [0.5, 0.6) is 0 Å². The first kappa shape index (κ1) is 19.9. The lowest BCUT2D eigenvalue weighted by Gasteiger charge is -2.10. The molecule has 0 aromatic heterocycles. The average Bonchev–Trinajstić information content (AvgIpc) is 2.59. The molecular weight excluding hydrogens is 302 g/mol. The molecule has 0 bridgehead atoms. The van der Waals surface area contributed by atoms with Gasteiger partial charge in [-0.3, -0.25) is 9.59 Å². The summed E-state index contributed by atoms with van der Waals surface area (Å²) in [6, 6.07) is 9.59. The molecule has 0 spiro atoms. The summed E-state index contributed by atoms with van der Waals surface area (Å²) in [5, 5.41) is 12.0. The van der Waals surface area contributed by atoms with E-state index in [0.29, 0.717) is 13.0 Å². The zero-order valence-electron chi connectivity index (χ0n) is 14.5. The van der Waals surface area contributed by atoms with Crippen molar-refractivity contribution in [2.75, 3.05) is 0 Å². The highest BCUT2D eigenvalue weighted by atomic mass is 16.4. The van der Waals surface area contributed by atoms with Gasteiger partial charge >= 0.3 is 5.97 Å². The molecule has 0 radical (unpaired) electrons. The molecule has 0 fully saturated rings. The Kier molecular flexibility index (Phi) is 10.3. The van der Waals surface area contributed by atoms with Crippen molar-refractivity contribution < 1.29 is 14.7 Å². The number of carbonyl (C=O) groups excluding carboxylic acids is 1. The molecule has 0 heterocycles. The van der Waals surface area contributed by atoms with Crippen LogP contribution in [-0.4, -0.2) is 17.0 Å². The minimum absolute atomic E-state index is 0.0162. The summed E-state index contributed by atoms with van der Waals surface area (Å²) in [6.45, 7) is 2.61. The second kappa shape index (κ2) is 12.3. The van der Waals surface area contributed by atoms with Gasteiger partial charge in [-0.25, -0.2) is 0 Å². The van der Waals surface area contributed by atoms with Gasteiger partial charge in [-0.05, 0) is 24.8 Å². The molecule has 2 N–H and O–H groups in total. The number of unbranched alkanes of at least 4 members (excludes halogenated alkanes) is 4. The first-order chi connectivity index (χ1) is 11.6. The summed E-state index contributed by atoms with van der Waals surface area (Å²) in [7, 11) is 0. The molecule has 4 nitrogen and oxygen atoms in total. The number of aliphatic carboxylic acids is 1. The quantitative estimate of drug-likeness (QED) is 0.443. The average molecular weight is 331 g/mol. The van der Waals surface area contributed by atoms with Crippen LogP contribution in [0.25, 0.3) is 0 Å². The first-order valence-electron chi connectivity index (χ1n) is 8.82. The van der Waals surface area contributed by atoms with E-state index in [2.05, 4.69) is 12.2 Å². The van der Waals surface area contributed by atoms with E-state index < -0.39 is 11.9 Å². The second-order valence-electron chi connectivity index (χ2n) is 6.06. The molecule has 1 unspecified atom stereocenters. The Morgan fingerprint density at radius 3 is 2.54 bits per heavy atom. The van der Waals surface area contributed by atoms with E-state index in [1.807, 2.05) is 42.5 Å². The van der Waals surface area contributed by atoms with E-state index in [1.54, 1.807) is 0 Å². The van der Waals surface area contributed by atoms with Crippen molar-refractivity contribution in [3.8, 4) is 0 Å². The number of hydrogen-bond donors (Lipinski definition) is 2. The summed E-state index contributed by atoms with van der Waals surface area (Å²) in [5.41, 5.74) is 1.00. The summed E-state index contributed by atoms with van der Waals surface area (Å²) in [6.07, 6.45) is 10.1. The molecule has 24 heavy (non-hydrogen) atoms. The van der Waals surface area contributed by atoms with E-state index in [4.69, 9.17) is 0 Å². The summed E-state index contributed by atoms with van der Waals surface area (Å²) in [4.78, 5) is 23.2.